The van der Waals surface area contributed by atoms with Crippen LogP contribution in [0.3, 0.4) is 0 Å². The number of carboxylic acid groups (broad SMARTS) is 1. The molecular weight excluding hydrogens is 203 g/mol. The van der Waals surface area contributed by atoms with Crippen LogP contribution in [0.1, 0.15) is 22.1 Å². The summed E-state index contributed by atoms with van der Waals surface area (Å²) >= 11 is 0. The topological polar surface area (TPSA) is 85.4 Å². The van der Waals surface area contributed by atoms with Crippen LogP contribution in [0.15, 0.2) is 12.3 Å². The molecule has 5 nitrogen and oxygen atoms in total. The second-order valence-corrected chi connectivity index (χ2v) is 2.97. The van der Waals surface area contributed by atoms with E-state index in [1.165, 1.54) is 13.3 Å². The number of hydrogen-bond acceptors (Lipinski definition) is 4. The summed E-state index contributed by atoms with van der Waals surface area (Å²) in [5, 5.41) is 8.54. The van der Waals surface area contributed by atoms with E-state index in [0.29, 0.717) is 5.56 Å². The first kappa shape index (κ1) is 11.5. The number of hydrogen-bond donors (Lipinski definition) is 2. The fourth-order valence-corrected chi connectivity index (χ4v) is 1.09. The van der Waals surface area contributed by atoms with Crippen LogP contribution in [-0.2, 0) is 4.74 Å². The number of aromatic nitrogens is 1. The molecule has 0 aliphatic rings. The van der Waals surface area contributed by atoms with Crippen molar-refractivity contribution in [3.63, 3.8) is 0 Å². The standard InChI is InChI=1S/C9H11FN2O3/c1-15-4-7(11)5-2-6(10)8(9(13)14)12-3-5/h2-3,7H,4,11H2,1H3,(H,13,14). The smallest absolute Gasteiger partial charge is 0.357 e. The molecule has 0 saturated heterocycles. The Morgan fingerprint density at radius 1 is 1.80 bits per heavy atom. The van der Waals surface area contributed by atoms with Crippen LogP contribution in [0.5, 0.6) is 0 Å². The van der Waals surface area contributed by atoms with E-state index >= 15 is 0 Å². The summed E-state index contributed by atoms with van der Waals surface area (Å²) in [5.41, 5.74) is 5.42. The van der Waals surface area contributed by atoms with E-state index < -0.39 is 23.5 Å². The molecular formula is C9H11FN2O3. The number of carboxylic acids is 1. The number of ether oxygens (including phenoxy) is 1. The third-order valence-electron chi connectivity index (χ3n) is 1.84. The molecule has 15 heavy (non-hydrogen) atoms. The van der Waals surface area contributed by atoms with Crippen LogP contribution < -0.4 is 5.73 Å². The number of halogens is 1. The zero-order valence-electron chi connectivity index (χ0n) is 8.11. The molecule has 1 atom stereocenters. The molecule has 6 heteroatoms. The molecule has 0 radical (unpaired) electrons. The zero-order valence-corrected chi connectivity index (χ0v) is 8.11. The number of nitrogens with zero attached hydrogens (tertiary/aromatic N) is 1. The average Bonchev–Trinajstić information content (AvgIpc) is 2.17. The molecule has 1 aromatic heterocycles. The van der Waals surface area contributed by atoms with Crippen LogP contribution in [0, 0.1) is 5.82 Å². The first-order valence-corrected chi connectivity index (χ1v) is 4.19. The fraction of sp³-hybridized carbons (Fsp3) is 0.333. The molecule has 0 spiro atoms. The van der Waals surface area contributed by atoms with Crippen molar-refractivity contribution in [2.45, 2.75) is 6.04 Å². The maximum Gasteiger partial charge on any atom is 0.357 e. The highest BCUT2D eigenvalue weighted by molar-refractivity contribution is 5.85. The SMILES string of the molecule is COCC(N)c1cnc(C(=O)O)c(F)c1. The Bertz CT molecular complexity index is 370. The van der Waals surface area contributed by atoms with E-state index in [1.54, 1.807) is 0 Å². The minimum atomic E-state index is -1.40. The van der Waals surface area contributed by atoms with Gasteiger partial charge in [0.2, 0.25) is 0 Å². The third kappa shape index (κ3) is 2.71. The Hall–Kier alpha value is -1.53. The Balaban J connectivity index is 2.96. The van der Waals surface area contributed by atoms with E-state index in [9.17, 15) is 9.18 Å². The van der Waals surface area contributed by atoms with Gasteiger partial charge in [0, 0.05) is 13.3 Å². The lowest BCUT2D eigenvalue weighted by molar-refractivity contribution is 0.0685. The second kappa shape index (κ2) is 4.81. The van der Waals surface area contributed by atoms with Crippen LogP contribution in [0.4, 0.5) is 4.39 Å². The fourth-order valence-electron chi connectivity index (χ4n) is 1.09. The highest BCUT2D eigenvalue weighted by Gasteiger charge is 2.14. The highest BCUT2D eigenvalue weighted by atomic mass is 19.1. The van der Waals surface area contributed by atoms with Crippen molar-refractivity contribution in [3.05, 3.63) is 29.3 Å². The predicted molar refractivity (Wildman–Crippen MR) is 50.0 cm³/mol. The number of rotatable bonds is 4. The summed E-state index contributed by atoms with van der Waals surface area (Å²) in [5.74, 6) is -2.30. The van der Waals surface area contributed by atoms with Crippen molar-refractivity contribution < 1.29 is 19.0 Å². The molecule has 0 amide bonds. The summed E-state index contributed by atoms with van der Waals surface area (Å²) in [6, 6.07) is 0.542. The summed E-state index contributed by atoms with van der Waals surface area (Å²) in [4.78, 5) is 13.9. The van der Waals surface area contributed by atoms with Crippen molar-refractivity contribution in [1.29, 1.82) is 0 Å². The largest absolute Gasteiger partial charge is 0.476 e. The Morgan fingerprint density at radius 2 is 2.47 bits per heavy atom. The maximum absolute atomic E-state index is 13.2. The monoisotopic (exact) mass is 214 g/mol. The number of aromatic carboxylic acids is 1. The van der Waals surface area contributed by atoms with E-state index in [2.05, 4.69) is 4.98 Å². The van der Waals surface area contributed by atoms with Gasteiger partial charge in [-0.2, -0.15) is 0 Å². The maximum atomic E-state index is 13.2. The predicted octanol–water partition coefficient (Wildman–Crippen LogP) is 0.565. The molecule has 1 heterocycles. The molecule has 3 N–H and O–H groups in total. The van der Waals surface area contributed by atoms with E-state index in [0.717, 1.165) is 6.07 Å². The molecule has 1 rings (SSSR count). The van der Waals surface area contributed by atoms with Crippen LogP contribution in [0.25, 0.3) is 0 Å². The third-order valence-corrected chi connectivity index (χ3v) is 1.84. The molecule has 82 valence electrons. The highest BCUT2D eigenvalue weighted by Crippen LogP contribution is 2.13. The van der Waals surface area contributed by atoms with Gasteiger partial charge in [0.25, 0.3) is 0 Å². The van der Waals surface area contributed by atoms with E-state index in [-0.39, 0.29) is 6.61 Å². The van der Waals surface area contributed by atoms with Gasteiger partial charge in [-0.3, -0.25) is 0 Å². The van der Waals surface area contributed by atoms with Crippen LogP contribution >= 0.6 is 0 Å². The Kier molecular flexibility index (Phi) is 3.70. The van der Waals surface area contributed by atoms with Crippen LogP contribution in [0.2, 0.25) is 0 Å². The first-order chi connectivity index (χ1) is 7.06. The summed E-state index contributed by atoms with van der Waals surface area (Å²) in [6.45, 7) is 0.216. The number of carbonyl (C=O) groups is 1. The molecule has 0 aliphatic heterocycles. The van der Waals surface area contributed by atoms with Crippen molar-refractivity contribution in [2.75, 3.05) is 13.7 Å². The Labute approximate surface area is 85.7 Å². The van der Waals surface area contributed by atoms with Gasteiger partial charge in [0.15, 0.2) is 11.5 Å². The second-order valence-electron chi connectivity index (χ2n) is 2.97. The molecule has 0 aliphatic carbocycles. The summed E-state index contributed by atoms with van der Waals surface area (Å²) in [7, 11) is 1.47. The zero-order chi connectivity index (χ0) is 11.4. The lowest BCUT2D eigenvalue weighted by atomic mass is 10.1. The average molecular weight is 214 g/mol. The molecule has 0 bridgehead atoms. The minimum absolute atomic E-state index is 0.216. The number of methoxy groups -OCH3 is 1. The normalized spacial score (nSPS) is 12.5. The van der Waals surface area contributed by atoms with Crippen LogP contribution in [-0.4, -0.2) is 29.8 Å². The number of nitrogens with two attached hydrogens (primary N) is 1. The molecule has 0 fully saturated rings. The minimum Gasteiger partial charge on any atom is -0.476 e. The molecule has 0 aromatic carbocycles. The van der Waals surface area contributed by atoms with Crippen molar-refractivity contribution in [3.8, 4) is 0 Å². The van der Waals surface area contributed by atoms with Gasteiger partial charge in [-0.1, -0.05) is 0 Å². The van der Waals surface area contributed by atoms with Gasteiger partial charge in [-0.05, 0) is 11.6 Å². The first-order valence-electron chi connectivity index (χ1n) is 4.19. The number of pyridine rings is 1. The molecule has 1 aromatic rings. The molecule has 1 unspecified atom stereocenters. The lowest BCUT2D eigenvalue weighted by Crippen LogP contribution is -2.17. The van der Waals surface area contributed by atoms with Crippen molar-refractivity contribution in [2.24, 2.45) is 5.73 Å². The van der Waals surface area contributed by atoms with Gasteiger partial charge < -0.3 is 15.6 Å². The van der Waals surface area contributed by atoms with Gasteiger partial charge >= 0.3 is 5.97 Å². The quantitative estimate of drug-likeness (QED) is 0.765. The van der Waals surface area contributed by atoms with E-state index in [1.807, 2.05) is 0 Å². The summed E-state index contributed by atoms with van der Waals surface area (Å²) in [6.07, 6.45) is 1.23. The van der Waals surface area contributed by atoms with Gasteiger partial charge in [0.05, 0.1) is 12.6 Å². The van der Waals surface area contributed by atoms with Crippen molar-refractivity contribution >= 4 is 5.97 Å². The van der Waals surface area contributed by atoms with Gasteiger partial charge in [-0.25, -0.2) is 14.2 Å². The van der Waals surface area contributed by atoms with Gasteiger partial charge in [0.1, 0.15) is 0 Å². The lowest BCUT2D eigenvalue weighted by Gasteiger charge is -2.10. The molecule has 0 saturated carbocycles. The summed E-state index contributed by atoms with van der Waals surface area (Å²) < 4.78 is 17.9. The van der Waals surface area contributed by atoms with Gasteiger partial charge in [-0.15, -0.1) is 0 Å². The van der Waals surface area contributed by atoms with Crippen molar-refractivity contribution in [1.82, 2.24) is 4.98 Å². The van der Waals surface area contributed by atoms with E-state index in [4.69, 9.17) is 15.6 Å². The Morgan fingerprint density at radius 3 is 2.93 bits per heavy atom.